The van der Waals surface area contributed by atoms with Crippen molar-refractivity contribution in [2.45, 2.75) is 38.6 Å². The Morgan fingerprint density at radius 2 is 1.90 bits per heavy atom. The van der Waals surface area contributed by atoms with Crippen molar-refractivity contribution in [3.63, 3.8) is 0 Å². The molecule has 1 N–H and O–H groups in total. The maximum absolute atomic E-state index is 12.7. The number of nitrogens with one attached hydrogen (secondary N) is 1. The van der Waals surface area contributed by atoms with Crippen LogP contribution in [0.1, 0.15) is 48.8 Å². The summed E-state index contributed by atoms with van der Waals surface area (Å²) < 4.78 is 1.66. The van der Waals surface area contributed by atoms with E-state index in [1.165, 1.54) is 0 Å². The number of hydrogen-bond acceptors (Lipinski definition) is 6. The number of rotatable bonds is 5. The van der Waals surface area contributed by atoms with E-state index in [4.69, 9.17) is 4.98 Å². The van der Waals surface area contributed by atoms with Crippen LogP contribution in [0.4, 0.5) is 5.95 Å². The number of amides is 1. The first-order chi connectivity index (χ1) is 14.5. The topological polar surface area (TPSA) is 88.8 Å². The third-order valence-electron chi connectivity index (χ3n) is 5.33. The highest BCUT2D eigenvalue weighted by atomic mass is 16.2. The summed E-state index contributed by atoms with van der Waals surface area (Å²) in [7, 11) is 1.82. The molecule has 0 aromatic carbocycles. The van der Waals surface area contributed by atoms with E-state index < -0.39 is 0 Å². The van der Waals surface area contributed by atoms with Crippen LogP contribution in [0, 0.1) is 0 Å². The van der Waals surface area contributed by atoms with Crippen LogP contribution in [0.25, 0.3) is 11.1 Å². The number of nitrogens with zero attached hydrogens (tertiary/aromatic N) is 6. The molecular formula is C22H27N7O. The Kier molecular flexibility index (Phi) is 5.74. The molecule has 0 saturated carbocycles. The van der Waals surface area contributed by atoms with Gasteiger partial charge in [-0.05, 0) is 50.5 Å². The molecule has 0 atom stereocenters. The molecule has 0 unspecified atom stereocenters. The first-order valence-corrected chi connectivity index (χ1v) is 10.3. The van der Waals surface area contributed by atoms with Crippen molar-refractivity contribution < 1.29 is 4.79 Å². The molecule has 156 valence electrons. The number of anilines is 1. The highest BCUT2D eigenvalue weighted by molar-refractivity contribution is 5.92. The molecule has 1 amide bonds. The van der Waals surface area contributed by atoms with Crippen molar-refractivity contribution >= 4 is 11.9 Å². The van der Waals surface area contributed by atoms with Crippen molar-refractivity contribution in [2.75, 3.05) is 18.4 Å². The molecule has 1 aliphatic rings. The maximum Gasteiger partial charge on any atom is 0.274 e. The molecule has 0 spiro atoms. The molecule has 0 aliphatic carbocycles. The van der Waals surface area contributed by atoms with Crippen LogP contribution < -0.4 is 5.32 Å². The minimum atomic E-state index is -0.00624. The summed E-state index contributed by atoms with van der Waals surface area (Å²) in [5.74, 6) is 0.898. The lowest BCUT2D eigenvalue weighted by Crippen LogP contribution is -2.38. The number of piperidine rings is 1. The van der Waals surface area contributed by atoms with Gasteiger partial charge < -0.3 is 10.2 Å². The first-order valence-electron chi connectivity index (χ1n) is 10.3. The molecular weight excluding hydrogens is 378 g/mol. The second-order valence-corrected chi connectivity index (χ2v) is 7.97. The van der Waals surface area contributed by atoms with Crippen LogP contribution in [0.5, 0.6) is 0 Å². The molecule has 8 heteroatoms. The fraction of sp³-hybridized carbons (Fsp3) is 0.409. The number of pyridine rings is 1. The van der Waals surface area contributed by atoms with Gasteiger partial charge in [-0.25, -0.2) is 9.97 Å². The van der Waals surface area contributed by atoms with E-state index in [2.05, 4.69) is 34.2 Å². The zero-order chi connectivity index (χ0) is 21.1. The Morgan fingerprint density at radius 1 is 1.17 bits per heavy atom. The number of carbonyl (C=O) groups excluding carboxylic acids is 1. The SMILES string of the molecule is CC(C)Nc1ncc(-c2ccncc2)c(C2CCN(C(=O)c3ccn(C)n3)CC2)n1. The summed E-state index contributed by atoms with van der Waals surface area (Å²) in [6.07, 6.45) is 8.98. The van der Waals surface area contributed by atoms with Crippen molar-refractivity contribution in [3.8, 4) is 11.1 Å². The summed E-state index contributed by atoms with van der Waals surface area (Å²) in [6, 6.07) is 5.99. The predicted molar refractivity (Wildman–Crippen MR) is 115 cm³/mol. The molecule has 3 aromatic rings. The van der Waals surface area contributed by atoms with Gasteiger partial charge in [0.15, 0.2) is 0 Å². The van der Waals surface area contributed by atoms with Crippen molar-refractivity contribution in [3.05, 3.63) is 54.4 Å². The zero-order valence-corrected chi connectivity index (χ0v) is 17.6. The predicted octanol–water partition coefficient (Wildman–Crippen LogP) is 3.11. The van der Waals surface area contributed by atoms with Gasteiger partial charge in [-0.1, -0.05) is 0 Å². The number of carbonyl (C=O) groups is 1. The smallest absolute Gasteiger partial charge is 0.274 e. The Morgan fingerprint density at radius 3 is 2.53 bits per heavy atom. The van der Waals surface area contributed by atoms with Crippen molar-refractivity contribution in [2.24, 2.45) is 7.05 Å². The summed E-state index contributed by atoms with van der Waals surface area (Å²) in [5, 5.41) is 7.55. The fourth-order valence-corrected chi connectivity index (χ4v) is 3.83. The lowest BCUT2D eigenvalue weighted by Gasteiger charge is -2.32. The zero-order valence-electron chi connectivity index (χ0n) is 17.6. The average Bonchev–Trinajstić information content (AvgIpc) is 3.20. The van der Waals surface area contributed by atoms with Gasteiger partial charge in [0.05, 0.1) is 5.69 Å². The largest absolute Gasteiger partial charge is 0.352 e. The quantitative estimate of drug-likeness (QED) is 0.702. The Bertz CT molecular complexity index is 1010. The molecule has 0 bridgehead atoms. The van der Waals surface area contributed by atoms with E-state index in [1.54, 1.807) is 29.3 Å². The van der Waals surface area contributed by atoms with E-state index in [9.17, 15) is 4.79 Å². The molecule has 3 aromatic heterocycles. The van der Waals surface area contributed by atoms with Crippen LogP contribution in [-0.4, -0.2) is 54.7 Å². The standard InChI is InChI=1S/C22H27N7O/c1-15(2)25-22-24-14-18(16-4-9-23-10-5-16)20(26-22)17-6-12-29(13-7-17)21(30)19-8-11-28(3)27-19/h4-5,8-11,14-15,17H,6-7,12-13H2,1-3H3,(H,24,25,26). The van der Waals surface area contributed by atoms with E-state index in [-0.39, 0.29) is 17.9 Å². The second-order valence-electron chi connectivity index (χ2n) is 7.97. The van der Waals surface area contributed by atoms with Gasteiger partial charge in [-0.15, -0.1) is 0 Å². The van der Waals surface area contributed by atoms with Gasteiger partial charge in [-0.3, -0.25) is 14.5 Å². The van der Waals surface area contributed by atoms with E-state index in [0.717, 1.165) is 29.7 Å². The van der Waals surface area contributed by atoms with Gasteiger partial charge in [0, 0.05) is 62.4 Å². The van der Waals surface area contributed by atoms with Crippen LogP contribution in [0.15, 0.2) is 43.0 Å². The van der Waals surface area contributed by atoms with Crippen LogP contribution in [0.2, 0.25) is 0 Å². The highest BCUT2D eigenvalue weighted by Crippen LogP contribution is 2.34. The third-order valence-corrected chi connectivity index (χ3v) is 5.33. The van der Waals surface area contributed by atoms with Gasteiger partial charge in [0.25, 0.3) is 5.91 Å². The lowest BCUT2D eigenvalue weighted by molar-refractivity contribution is 0.0705. The maximum atomic E-state index is 12.7. The minimum absolute atomic E-state index is 0.00624. The van der Waals surface area contributed by atoms with Gasteiger partial charge in [0.2, 0.25) is 5.95 Å². The van der Waals surface area contributed by atoms with Gasteiger partial charge in [0.1, 0.15) is 5.69 Å². The molecule has 4 rings (SSSR count). The number of hydrogen-bond donors (Lipinski definition) is 1. The Balaban J connectivity index is 1.56. The van der Waals surface area contributed by atoms with Crippen LogP contribution >= 0.6 is 0 Å². The van der Waals surface area contributed by atoms with Crippen LogP contribution in [0.3, 0.4) is 0 Å². The first kappa shape index (κ1) is 20.0. The van der Waals surface area contributed by atoms with E-state index in [0.29, 0.717) is 24.7 Å². The normalized spacial score (nSPS) is 14.9. The van der Waals surface area contributed by atoms with Gasteiger partial charge in [-0.2, -0.15) is 5.10 Å². The van der Waals surface area contributed by atoms with Gasteiger partial charge >= 0.3 is 0 Å². The molecule has 30 heavy (non-hydrogen) atoms. The van der Waals surface area contributed by atoms with E-state index >= 15 is 0 Å². The average molecular weight is 406 g/mol. The summed E-state index contributed by atoms with van der Waals surface area (Å²) in [5.41, 5.74) is 3.62. The molecule has 1 saturated heterocycles. The Labute approximate surface area is 176 Å². The second kappa shape index (κ2) is 8.61. The summed E-state index contributed by atoms with van der Waals surface area (Å²) in [6.45, 7) is 5.52. The lowest BCUT2D eigenvalue weighted by atomic mass is 9.89. The van der Waals surface area contributed by atoms with Crippen molar-refractivity contribution in [1.82, 2.24) is 29.6 Å². The summed E-state index contributed by atoms with van der Waals surface area (Å²) in [4.78, 5) is 28.1. The van der Waals surface area contributed by atoms with Crippen LogP contribution in [-0.2, 0) is 7.05 Å². The number of aromatic nitrogens is 5. The highest BCUT2D eigenvalue weighted by Gasteiger charge is 2.28. The molecule has 4 heterocycles. The monoisotopic (exact) mass is 405 g/mol. The van der Waals surface area contributed by atoms with E-state index in [1.807, 2.05) is 30.3 Å². The fourth-order valence-electron chi connectivity index (χ4n) is 3.83. The molecule has 1 aliphatic heterocycles. The number of likely N-dealkylation sites (tertiary alicyclic amines) is 1. The number of aryl methyl sites for hydroxylation is 1. The molecule has 8 nitrogen and oxygen atoms in total. The third kappa shape index (κ3) is 4.32. The molecule has 0 radical (unpaired) electrons. The minimum Gasteiger partial charge on any atom is -0.352 e. The Hall–Kier alpha value is -3.29. The molecule has 1 fully saturated rings. The van der Waals surface area contributed by atoms with Crippen molar-refractivity contribution in [1.29, 1.82) is 0 Å². The summed E-state index contributed by atoms with van der Waals surface area (Å²) >= 11 is 0.